The summed E-state index contributed by atoms with van der Waals surface area (Å²) in [4.78, 5) is 2.77. The summed E-state index contributed by atoms with van der Waals surface area (Å²) in [7, 11) is 0. The first kappa shape index (κ1) is 14.1. The Kier molecular flexibility index (Phi) is 3.82. The van der Waals surface area contributed by atoms with Crippen molar-refractivity contribution in [3.05, 3.63) is 39.0 Å². The number of aromatic nitrogens is 2. The Morgan fingerprint density at radius 2 is 2.36 bits per heavy atom. The zero-order chi connectivity index (χ0) is 14.9. The monoisotopic (exact) mass is 330 g/mol. The third kappa shape index (κ3) is 2.62. The highest BCUT2D eigenvalue weighted by Crippen LogP contribution is 2.35. The number of hydrogen-bond donors (Lipinski definition) is 2. The fourth-order valence-electron chi connectivity index (χ4n) is 2.72. The third-order valence-corrected chi connectivity index (χ3v) is 6.41. The van der Waals surface area contributed by atoms with Gasteiger partial charge in [-0.25, -0.2) is 0 Å². The van der Waals surface area contributed by atoms with Gasteiger partial charge in [0.1, 0.15) is 5.52 Å². The van der Waals surface area contributed by atoms with Gasteiger partial charge in [-0.05, 0) is 43.3 Å². The van der Waals surface area contributed by atoms with E-state index in [4.69, 9.17) is 0 Å². The Hall–Kier alpha value is -1.50. The van der Waals surface area contributed by atoms with Crippen LogP contribution < -0.4 is 10.6 Å². The highest BCUT2D eigenvalue weighted by atomic mass is 32.1. The molecule has 4 rings (SSSR count). The highest BCUT2D eigenvalue weighted by molar-refractivity contribution is 7.19. The van der Waals surface area contributed by atoms with Crippen molar-refractivity contribution in [1.29, 1.82) is 0 Å². The van der Waals surface area contributed by atoms with E-state index < -0.39 is 0 Å². The maximum Gasteiger partial charge on any atom is 0.109 e. The Morgan fingerprint density at radius 3 is 3.09 bits per heavy atom. The zero-order valence-corrected chi connectivity index (χ0v) is 14.1. The number of hydrogen-bond acceptors (Lipinski definition) is 6. The Bertz CT molecular complexity index is 775. The van der Waals surface area contributed by atoms with Crippen molar-refractivity contribution in [2.75, 3.05) is 11.9 Å². The van der Waals surface area contributed by atoms with Gasteiger partial charge in [0, 0.05) is 22.3 Å². The van der Waals surface area contributed by atoms with Crippen LogP contribution in [0.4, 0.5) is 5.69 Å². The van der Waals surface area contributed by atoms with Crippen LogP contribution in [0.25, 0.3) is 10.2 Å². The lowest BCUT2D eigenvalue weighted by molar-refractivity contribution is 0.371. The fraction of sp³-hybridized carbons (Fsp3) is 0.375. The molecule has 114 valence electrons. The van der Waals surface area contributed by atoms with E-state index in [0.29, 0.717) is 6.04 Å². The lowest BCUT2D eigenvalue weighted by atomic mass is 10.0. The van der Waals surface area contributed by atoms with E-state index in [1.165, 1.54) is 26.4 Å². The van der Waals surface area contributed by atoms with Crippen molar-refractivity contribution in [3.8, 4) is 0 Å². The molecule has 1 atom stereocenters. The number of nitrogens with one attached hydrogen (secondary N) is 2. The summed E-state index contributed by atoms with van der Waals surface area (Å²) < 4.78 is 1.23. The Morgan fingerprint density at radius 1 is 1.45 bits per heavy atom. The molecule has 0 radical (unpaired) electrons. The third-order valence-electron chi connectivity index (χ3n) is 4.19. The molecule has 1 saturated heterocycles. The lowest BCUT2D eigenvalue weighted by Gasteiger charge is -2.27. The smallest absolute Gasteiger partial charge is 0.109 e. The van der Waals surface area contributed by atoms with Crippen LogP contribution in [0.3, 0.4) is 0 Å². The van der Waals surface area contributed by atoms with Crippen molar-refractivity contribution in [1.82, 2.24) is 15.5 Å². The van der Waals surface area contributed by atoms with E-state index in [1.807, 2.05) is 17.5 Å². The molecule has 0 aliphatic carbocycles. The molecule has 0 bridgehead atoms. The average molecular weight is 330 g/mol. The van der Waals surface area contributed by atoms with Crippen molar-refractivity contribution in [2.24, 2.45) is 0 Å². The largest absolute Gasteiger partial charge is 0.378 e. The summed E-state index contributed by atoms with van der Waals surface area (Å²) in [5, 5.41) is 17.6. The van der Waals surface area contributed by atoms with Crippen molar-refractivity contribution >= 4 is 38.6 Å². The van der Waals surface area contributed by atoms with Crippen LogP contribution in [-0.4, -0.2) is 22.8 Å². The molecule has 22 heavy (non-hydrogen) atoms. The number of fused-ring (bicyclic) bond motifs is 1. The molecular formula is C16H18N4S2. The second-order valence-electron chi connectivity index (χ2n) is 5.66. The van der Waals surface area contributed by atoms with E-state index in [2.05, 4.69) is 45.3 Å². The Labute approximate surface area is 137 Å². The SMILES string of the molecule is Cc1c(C[C@H]2CCN2)sc2c(NCc3cccs3)cnnc12. The van der Waals surface area contributed by atoms with E-state index in [-0.39, 0.29) is 0 Å². The van der Waals surface area contributed by atoms with Crippen LogP contribution in [0.2, 0.25) is 0 Å². The van der Waals surface area contributed by atoms with Gasteiger partial charge in [0.25, 0.3) is 0 Å². The van der Waals surface area contributed by atoms with Crippen molar-refractivity contribution in [3.63, 3.8) is 0 Å². The predicted octanol–water partition coefficient (Wildman–Crippen LogP) is 3.58. The van der Waals surface area contributed by atoms with Gasteiger partial charge in [-0.3, -0.25) is 0 Å². The number of rotatable bonds is 5. The second-order valence-corrected chi connectivity index (χ2v) is 7.80. The lowest BCUT2D eigenvalue weighted by Crippen LogP contribution is -2.44. The first-order valence-electron chi connectivity index (χ1n) is 7.54. The summed E-state index contributed by atoms with van der Waals surface area (Å²) in [6.07, 6.45) is 4.23. The predicted molar refractivity (Wildman–Crippen MR) is 93.9 cm³/mol. The summed E-state index contributed by atoms with van der Waals surface area (Å²) in [6.45, 7) is 4.17. The van der Waals surface area contributed by atoms with Crippen LogP contribution >= 0.6 is 22.7 Å². The number of nitrogens with zero attached hydrogens (tertiary/aromatic N) is 2. The molecule has 1 aliphatic heterocycles. The molecule has 4 nitrogen and oxygen atoms in total. The van der Waals surface area contributed by atoms with Gasteiger partial charge in [0.05, 0.1) is 16.6 Å². The van der Waals surface area contributed by atoms with Crippen molar-refractivity contribution in [2.45, 2.75) is 32.4 Å². The minimum atomic E-state index is 0.641. The average Bonchev–Trinajstić information content (AvgIpc) is 3.10. The van der Waals surface area contributed by atoms with E-state index in [9.17, 15) is 0 Å². The molecule has 6 heteroatoms. The first-order valence-corrected chi connectivity index (χ1v) is 9.24. The molecule has 4 heterocycles. The standard InChI is InChI=1S/C16H18N4S2/c1-10-14(7-11-4-5-17-11)22-16-13(9-19-20-15(10)16)18-8-12-3-2-6-21-12/h2-3,6,9,11,17H,4-5,7-8H2,1H3,(H,18,20)/t11-/m1/s1. The number of thiophene rings is 2. The Balaban J connectivity index is 1.62. The highest BCUT2D eigenvalue weighted by Gasteiger charge is 2.21. The van der Waals surface area contributed by atoms with Crippen LogP contribution in [0, 0.1) is 6.92 Å². The van der Waals surface area contributed by atoms with E-state index >= 15 is 0 Å². The molecule has 3 aromatic heterocycles. The summed E-state index contributed by atoms with van der Waals surface area (Å²) in [5.74, 6) is 0. The van der Waals surface area contributed by atoms with Crippen molar-refractivity contribution < 1.29 is 0 Å². The number of aryl methyl sites for hydroxylation is 1. The second kappa shape index (κ2) is 5.95. The van der Waals surface area contributed by atoms with E-state index in [0.717, 1.165) is 30.7 Å². The molecular weight excluding hydrogens is 312 g/mol. The van der Waals surface area contributed by atoms with Gasteiger partial charge in [-0.2, -0.15) is 5.10 Å². The fourth-order valence-corrected chi connectivity index (χ4v) is 4.67. The van der Waals surface area contributed by atoms with Gasteiger partial charge in [0.2, 0.25) is 0 Å². The summed E-state index contributed by atoms with van der Waals surface area (Å²) >= 11 is 3.64. The molecule has 0 unspecified atom stereocenters. The molecule has 0 saturated carbocycles. The zero-order valence-electron chi connectivity index (χ0n) is 12.4. The van der Waals surface area contributed by atoms with Crippen LogP contribution in [0.1, 0.15) is 21.7 Å². The quantitative estimate of drug-likeness (QED) is 0.751. The van der Waals surface area contributed by atoms with Gasteiger partial charge >= 0.3 is 0 Å². The van der Waals surface area contributed by atoms with Gasteiger partial charge in [-0.15, -0.1) is 27.8 Å². The normalized spacial score (nSPS) is 17.6. The van der Waals surface area contributed by atoms with Crippen LogP contribution in [0.5, 0.6) is 0 Å². The number of anilines is 1. The van der Waals surface area contributed by atoms with Crippen LogP contribution in [0.15, 0.2) is 23.7 Å². The minimum absolute atomic E-state index is 0.641. The topological polar surface area (TPSA) is 49.8 Å². The molecule has 1 aliphatic rings. The first-order chi connectivity index (χ1) is 10.8. The molecule has 3 aromatic rings. The molecule has 0 aromatic carbocycles. The van der Waals surface area contributed by atoms with Gasteiger partial charge in [0.15, 0.2) is 0 Å². The van der Waals surface area contributed by atoms with Gasteiger partial charge < -0.3 is 10.6 Å². The molecule has 0 spiro atoms. The maximum absolute atomic E-state index is 4.36. The molecule has 2 N–H and O–H groups in total. The molecule has 1 fully saturated rings. The van der Waals surface area contributed by atoms with Crippen LogP contribution in [-0.2, 0) is 13.0 Å². The maximum atomic E-state index is 4.36. The summed E-state index contributed by atoms with van der Waals surface area (Å²) in [6, 6.07) is 4.88. The van der Waals surface area contributed by atoms with Gasteiger partial charge in [-0.1, -0.05) is 6.07 Å². The summed E-state index contributed by atoms with van der Waals surface area (Å²) in [5.41, 5.74) is 3.44. The van der Waals surface area contributed by atoms with E-state index in [1.54, 1.807) is 11.3 Å². The minimum Gasteiger partial charge on any atom is -0.378 e. The molecule has 0 amide bonds.